The van der Waals surface area contributed by atoms with Crippen LogP contribution in [-0.4, -0.2) is 32.9 Å². The van der Waals surface area contributed by atoms with Gasteiger partial charge in [-0.25, -0.2) is 0 Å². The number of carboxylic acids is 2. The van der Waals surface area contributed by atoms with Crippen molar-refractivity contribution in [2.24, 2.45) is 34.0 Å². The number of aliphatic carboxylic acids is 2. The number of rotatable bonds is 2. The summed E-state index contributed by atoms with van der Waals surface area (Å²) in [5.74, 6) is -2.77. The molecule has 5 rings (SSSR count). The number of fused-ring (bicyclic) bond motifs is 3. The molecule has 0 aromatic carbocycles. The molecule has 0 heterocycles. The zero-order valence-corrected chi connectivity index (χ0v) is 15.0. The molecule has 0 aromatic heterocycles. The molecule has 7 atom stereocenters. The Morgan fingerprint density at radius 3 is 2.36 bits per heavy atom. The maximum Gasteiger partial charge on any atom is 0.309 e. The fourth-order valence-corrected chi connectivity index (χ4v) is 7.70. The third-order valence-electron chi connectivity index (χ3n) is 8.75. The van der Waals surface area contributed by atoms with E-state index in [1.807, 2.05) is 0 Å². The normalized spacial score (nSPS) is 54.0. The van der Waals surface area contributed by atoms with Gasteiger partial charge in [0.05, 0.1) is 16.9 Å². The van der Waals surface area contributed by atoms with Crippen molar-refractivity contribution in [3.63, 3.8) is 0 Å². The van der Waals surface area contributed by atoms with Crippen molar-refractivity contribution >= 4 is 11.9 Å². The van der Waals surface area contributed by atoms with Crippen molar-refractivity contribution in [2.75, 3.05) is 0 Å². The summed E-state index contributed by atoms with van der Waals surface area (Å²) < 4.78 is 0. The second-order valence-corrected chi connectivity index (χ2v) is 9.68. The molecule has 3 N–H and O–H groups in total. The summed E-state index contributed by atoms with van der Waals surface area (Å²) in [6, 6.07) is 0. The van der Waals surface area contributed by atoms with Crippen molar-refractivity contribution in [2.45, 2.75) is 64.4 Å². The van der Waals surface area contributed by atoms with Crippen molar-refractivity contribution in [1.29, 1.82) is 0 Å². The van der Waals surface area contributed by atoms with E-state index >= 15 is 0 Å². The van der Waals surface area contributed by atoms with E-state index in [-0.39, 0.29) is 11.3 Å². The first-order chi connectivity index (χ1) is 11.5. The molecule has 5 aliphatic carbocycles. The predicted octanol–water partition coefficient (Wildman–Crippen LogP) is 3.08. The minimum atomic E-state index is -1.02. The molecule has 1 spiro atoms. The zero-order chi connectivity index (χ0) is 18.4. The number of carbonyl (C=O) groups is 2. The van der Waals surface area contributed by atoms with Crippen LogP contribution >= 0.6 is 0 Å². The highest BCUT2D eigenvalue weighted by molar-refractivity contribution is 5.79. The summed E-state index contributed by atoms with van der Waals surface area (Å²) in [7, 11) is 0. The van der Waals surface area contributed by atoms with Crippen molar-refractivity contribution in [3.05, 3.63) is 12.2 Å². The Morgan fingerprint density at radius 1 is 1.12 bits per heavy atom. The highest BCUT2D eigenvalue weighted by Gasteiger charge is 2.76. The minimum absolute atomic E-state index is 0.0503. The van der Waals surface area contributed by atoms with Gasteiger partial charge in [-0.05, 0) is 73.7 Å². The number of aliphatic hydroxyl groups is 1. The molecule has 138 valence electrons. The number of hydrogen-bond donors (Lipinski definition) is 3. The highest BCUT2D eigenvalue weighted by Crippen LogP contribution is 2.77. The first kappa shape index (κ1) is 17.1. The van der Waals surface area contributed by atoms with Gasteiger partial charge in [0.1, 0.15) is 0 Å². The van der Waals surface area contributed by atoms with Crippen LogP contribution in [0.1, 0.15) is 58.8 Å². The molecule has 5 saturated carbocycles. The Balaban J connectivity index is 1.94. The van der Waals surface area contributed by atoms with Gasteiger partial charge in [-0.15, -0.1) is 0 Å². The average Bonchev–Trinajstić information content (AvgIpc) is 2.74. The fraction of sp³-hybridized carbons (Fsp3) is 0.800. The lowest BCUT2D eigenvalue weighted by atomic mass is 9.48. The van der Waals surface area contributed by atoms with Crippen LogP contribution in [0.25, 0.3) is 0 Å². The monoisotopic (exact) mass is 348 g/mol. The van der Waals surface area contributed by atoms with Crippen LogP contribution in [0.4, 0.5) is 0 Å². The van der Waals surface area contributed by atoms with Gasteiger partial charge in [0.2, 0.25) is 0 Å². The molecule has 0 saturated heterocycles. The summed E-state index contributed by atoms with van der Waals surface area (Å²) in [6.07, 6.45) is 4.45. The van der Waals surface area contributed by atoms with E-state index in [1.54, 1.807) is 6.92 Å². The molecule has 0 aliphatic heterocycles. The first-order valence-corrected chi connectivity index (χ1v) is 9.38. The van der Waals surface area contributed by atoms with Gasteiger partial charge < -0.3 is 15.3 Å². The van der Waals surface area contributed by atoms with Gasteiger partial charge in [0.25, 0.3) is 0 Å². The van der Waals surface area contributed by atoms with Crippen molar-refractivity contribution in [3.8, 4) is 0 Å². The Bertz CT molecular complexity index is 686. The second-order valence-electron chi connectivity index (χ2n) is 9.68. The highest BCUT2D eigenvalue weighted by atomic mass is 16.4. The Hall–Kier alpha value is -1.36. The number of hydrogen-bond acceptors (Lipinski definition) is 3. The van der Waals surface area contributed by atoms with Crippen LogP contribution < -0.4 is 0 Å². The van der Waals surface area contributed by atoms with E-state index < -0.39 is 40.2 Å². The molecule has 0 unspecified atom stereocenters. The van der Waals surface area contributed by atoms with Crippen molar-refractivity contribution < 1.29 is 24.9 Å². The molecule has 5 nitrogen and oxygen atoms in total. The standard InChI is InChI=1S/C20H28O5/c1-11-9-19-7-8-20(11,25)10-12(19)17(2)5-4-6-18(3,16(23)24)14(17)13(19)15(21)22/h12-14,25H,1,4-10H2,2-3H3,(H,21,22)(H,23,24)/t12-,13+,14-,17-,18+,19+,20+/m0/s1. The largest absolute Gasteiger partial charge is 0.481 e. The van der Waals surface area contributed by atoms with E-state index in [1.165, 1.54) is 0 Å². The van der Waals surface area contributed by atoms with Crippen LogP contribution in [0.2, 0.25) is 0 Å². The molecule has 0 amide bonds. The number of carboxylic acid groups (broad SMARTS) is 2. The van der Waals surface area contributed by atoms with Crippen LogP contribution in [0.3, 0.4) is 0 Å². The van der Waals surface area contributed by atoms with Gasteiger partial charge in [-0.2, -0.15) is 0 Å². The SMILES string of the molecule is C=C1C[C@]23CC[C@@]1(O)C[C@H]2[C@]1(C)CCC[C@@](C)(C(=O)O)[C@H]1[C@@H]3C(=O)O. The quantitative estimate of drug-likeness (QED) is 0.667. The summed E-state index contributed by atoms with van der Waals surface area (Å²) >= 11 is 0. The molecule has 5 aliphatic rings. The van der Waals surface area contributed by atoms with Crippen LogP contribution in [0.5, 0.6) is 0 Å². The Kier molecular flexibility index (Phi) is 3.19. The third kappa shape index (κ3) is 1.78. The zero-order valence-electron chi connectivity index (χ0n) is 15.0. The van der Waals surface area contributed by atoms with Gasteiger partial charge in [-0.3, -0.25) is 9.59 Å². The summed E-state index contributed by atoms with van der Waals surface area (Å²) in [5.41, 5.74) is -1.98. The van der Waals surface area contributed by atoms with Crippen LogP contribution in [0.15, 0.2) is 12.2 Å². The molecular formula is C20H28O5. The molecule has 0 radical (unpaired) electrons. The lowest BCUT2D eigenvalue weighted by Gasteiger charge is -2.58. The lowest BCUT2D eigenvalue weighted by Crippen LogP contribution is -2.55. The van der Waals surface area contributed by atoms with Crippen LogP contribution in [0, 0.1) is 34.0 Å². The van der Waals surface area contributed by atoms with Gasteiger partial charge in [-0.1, -0.05) is 19.9 Å². The summed E-state index contributed by atoms with van der Waals surface area (Å²) in [6.45, 7) is 7.91. The molecule has 5 heteroatoms. The predicted molar refractivity (Wildman–Crippen MR) is 90.8 cm³/mol. The van der Waals surface area contributed by atoms with E-state index in [9.17, 15) is 24.9 Å². The molecule has 2 bridgehead atoms. The van der Waals surface area contributed by atoms with E-state index in [4.69, 9.17) is 0 Å². The van der Waals surface area contributed by atoms with Gasteiger partial charge in [0, 0.05) is 0 Å². The minimum Gasteiger partial charge on any atom is -0.481 e. The van der Waals surface area contributed by atoms with Gasteiger partial charge >= 0.3 is 11.9 Å². The summed E-state index contributed by atoms with van der Waals surface area (Å²) in [4.78, 5) is 24.7. The van der Waals surface area contributed by atoms with E-state index in [2.05, 4.69) is 13.5 Å². The van der Waals surface area contributed by atoms with Crippen LogP contribution in [-0.2, 0) is 9.59 Å². The topological polar surface area (TPSA) is 94.8 Å². The first-order valence-electron chi connectivity index (χ1n) is 9.38. The molecule has 0 aromatic rings. The lowest BCUT2D eigenvalue weighted by molar-refractivity contribution is -0.166. The average molecular weight is 348 g/mol. The molecule has 5 fully saturated rings. The molecular weight excluding hydrogens is 320 g/mol. The van der Waals surface area contributed by atoms with E-state index in [0.29, 0.717) is 32.1 Å². The maximum absolute atomic E-state index is 12.4. The molecule has 25 heavy (non-hydrogen) atoms. The fourth-order valence-electron chi connectivity index (χ4n) is 7.70. The third-order valence-corrected chi connectivity index (χ3v) is 8.75. The smallest absolute Gasteiger partial charge is 0.309 e. The second kappa shape index (κ2) is 4.67. The maximum atomic E-state index is 12.4. The van der Waals surface area contributed by atoms with Crippen molar-refractivity contribution in [1.82, 2.24) is 0 Å². The Labute approximate surface area is 148 Å². The Morgan fingerprint density at radius 2 is 1.80 bits per heavy atom. The van der Waals surface area contributed by atoms with Gasteiger partial charge in [0.15, 0.2) is 0 Å². The van der Waals surface area contributed by atoms with E-state index in [0.717, 1.165) is 18.4 Å². The summed E-state index contributed by atoms with van der Waals surface area (Å²) in [5, 5.41) is 31.2.